The zero-order chi connectivity index (χ0) is 20.2. The highest BCUT2D eigenvalue weighted by atomic mass is 35.5. The van der Waals surface area contributed by atoms with Gasteiger partial charge in [0, 0.05) is 17.4 Å². The summed E-state index contributed by atoms with van der Waals surface area (Å²) in [5.74, 6) is 1.21. The molecule has 2 aromatic carbocycles. The minimum absolute atomic E-state index is 0.143. The van der Waals surface area contributed by atoms with Gasteiger partial charge in [0.15, 0.2) is 0 Å². The quantitative estimate of drug-likeness (QED) is 0.442. The molecule has 6 heteroatoms. The molecule has 0 radical (unpaired) electrons. The number of anilines is 2. The van der Waals surface area contributed by atoms with Crippen LogP contribution < -0.4 is 20.1 Å². The number of hydrogen-bond acceptors (Lipinski definition) is 4. The van der Waals surface area contributed by atoms with Crippen molar-refractivity contribution >= 4 is 28.9 Å². The van der Waals surface area contributed by atoms with E-state index < -0.39 is 0 Å². The van der Waals surface area contributed by atoms with Crippen molar-refractivity contribution in [3.8, 4) is 11.5 Å². The third-order valence-electron chi connectivity index (χ3n) is 4.24. The molecule has 0 saturated carbocycles. The second kappa shape index (κ2) is 12.1. The fourth-order valence-corrected chi connectivity index (χ4v) is 2.98. The van der Waals surface area contributed by atoms with Gasteiger partial charge in [-0.25, -0.2) is 0 Å². The molecule has 0 unspecified atom stereocenters. The van der Waals surface area contributed by atoms with Crippen LogP contribution >= 0.6 is 11.6 Å². The Bertz CT molecular complexity index is 752. The Kier molecular flexibility index (Phi) is 9.49. The van der Waals surface area contributed by atoms with Crippen LogP contribution in [-0.2, 0) is 4.79 Å². The third-order valence-corrected chi connectivity index (χ3v) is 4.53. The number of rotatable bonds is 12. The van der Waals surface area contributed by atoms with E-state index in [4.69, 9.17) is 21.1 Å². The number of nitrogens with one attached hydrogen (secondary N) is 2. The van der Waals surface area contributed by atoms with Crippen molar-refractivity contribution in [1.82, 2.24) is 0 Å². The number of hydrogen-bond donors (Lipinski definition) is 2. The van der Waals surface area contributed by atoms with E-state index in [0.29, 0.717) is 23.1 Å². The molecular formula is C22H29ClN2O3. The highest BCUT2D eigenvalue weighted by Crippen LogP contribution is 2.27. The van der Waals surface area contributed by atoms with Gasteiger partial charge in [-0.15, -0.1) is 0 Å². The van der Waals surface area contributed by atoms with Crippen LogP contribution in [0.5, 0.6) is 11.5 Å². The molecule has 0 fully saturated rings. The van der Waals surface area contributed by atoms with Crippen LogP contribution in [0.2, 0.25) is 5.02 Å². The van der Waals surface area contributed by atoms with Gasteiger partial charge in [0.1, 0.15) is 11.5 Å². The molecule has 0 spiro atoms. The third kappa shape index (κ3) is 7.69. The van der Waals surface area contributed by atoms with E-state index in [1.165, 1.54) is 25.7 Å². The Labute approximate surface area is 172 Å². The van der Waals surface area contributed by atoms with Crippen LogP contribution in [0.15, 0.2) is 42.5 Å². The zero-order valence-electron chi connectivity index (χ0n) is 16.6. The van der Waals surface area contributed by atoms with E-state index in [2.05, 4.69) is 17.6 Å². The molecule has 0 aliphatic heterocycles. The standard InChI is InChI=1S/C22H29ClN2O3/c1-3-4-5-6-7-13-28-19-10-8-9-17(14-19)24-16-22(26)25-18-11-12-21(27-2)20(23)15-18/h8-12,14-15,24H,3-7,13,16H2,1-2H3,(H,25,26). The first-order chi connectivity index (χ1) is 13.6. The molecule has 1 amide bonds. The number of unbranched alkanes of at least 4 members (excludes halogenated alkanes) is 4. The molecule has 2 N–H and O–H groups in total. The average Bonchev–Trinajstić information content (AvgIpc) is 2.69. The van der Waals surface area contributed by atoms with Crippen molar-refractivity contribution in [1.29, 1.82) is 0 Å². The monoisotopic (exact) mass is 404 g/mol. The summed E-state index contributed by atoms with van der Waals surface area (Å²) in [7, 11) is 1.55. The second-order valence-corrected chi connectivity index (χ2v) is 6.95. The molecule has 0 heterocycles. The Morgan fingerprint density at radius 3 is 2.61 bits per heavy atom. The van der Waals surface area contributed by atoms with Gasteiger partial charge in [-0.2, -0.15) is 0 Å². The molecule has 0 aliphatic rings. The predicted octanol–water partition coefficient (Wildman–Crippen LogP) is 5.75. The van der Waals surface area contributed by atoms with Gasteiger partial charge in [0.2, 0.25) is 5.91 Å². The fourth-order valence-electron chi connectivity index (χ4n) is 2.72. The van der Waals surface area contributed by atoms with Crippen molar-refractivity contribution in [3.05, 3.63) is 47.5 Å². The Morgan fingerprint density at radius 2 is 1.86 bits per heavy atom. The summed E-state index contributed by atoms with van der Waals surface area (Å²) < 4.78 is 10.9. The molecule has 0 saturated heterocycles. The summed E-state index contributed by atoms with van der Waals surface area (Å²) in [6.45, 7) is 3.07. The number of ether oxygens (including phenoxy) is 2. The number of halogens is 1. The van der Waals surface area contributed by atoms with Crippen LogP contribution in [0, 0.1) is 0 Å². The number of benzene rings is 2. The lowest BCUT2D eigenvalue weighted by Crippen LogP contribution is -2.21. The van der Waals surface area contributed by atoms with Crippen LogP contribution in [0.1, 0.15) is 39.0 Å². The van der Waals surface area contributed by atoms with Crippen molar-refractivity contribution in [3.63, 3.8) is 0 Å². The van der Waals surface area contributed by atoms with Gasteiger partial charge >= 0.3 is 0 Å². The lowest BCUT2D eigenvalue weighted by atomic mass is 10.2. The highest BCUT2D eigenvalue weighted by Gasteiger charge is 2.06. The van der Waals surface area contributed by atoms with E-state index in [-0.39, 0.29) is 12.5 Å². The molecule has 0 atom stereocenters. The first kappa shape index (κ1) is 21.9. The molecule has 2 aromatic rings. The van der Waals surface area contributed by atoms with E-state index >= 15 is 0 Å². The minimum atomic E-state index is -0.163. The normalized spacial score (nSPS) is 10.4. The van der Waals surface area contributed by atoms with E-state index in [9.17, 15) is 4.79 Å². The summed E-state index contributed by atoms with van der Waals surface area (Å²) in [5.41, 5.74) is 1.46. The molecule has 152 valence electrons. The van der Waals surface area contributed by atoms with Crippen LogP contribution in [0.4, 0.5) is 11.4 Å². The van der Waals surface area contributed by atoms with Crippen molar-refractivity contribution in [2.24, 2.45) is 0 Å². The second-order valence-electron chi connectivity index (χ2n) is 6.54. The van der Waals surface area contributed by atoms with E-state index in [1.807, 2.05) is 24.3 Å². The lowest BCUT2D eigenvalue weighted by Gasteiger charge is -2.11. The maximum Gasteiger partial charge on any atom is 0.243 e. The van der Waals surface area contributed by atoms with Gasteiger partial charge in [0.25, 0.3) is 0 Å². The topological polar surface area (TPSA) is 59.6 Å². The Balaban J connectivity index is 1.76. The van der Waals surface area contributed by atoms with Crippen LogP contribution in [-0.4, -0.2) is 26.2 Å². The zero-order valence-corrected chi connectivity index (χ0v) is 17.3. The van der Waals surface area contributed by atoms with Gasteiger partial charge < -0.3 is 20.1 Å². The van der Waals surface area contributed by atoms with E-state index in [0.717, 1.165) is 17.9 Å². The van der Waals surface area contributed by atoms with E-state index in [1.54, 1.807) is 25.3 Å². The fraction of sp³-hybridized carbons (Fsp3) is 0.409. The summed E-state index contributed by atoms with van der Waals surface area (Å²) in [4.78, 5) is 12.2. The number of methoxy groups -OCH3 is 1. The van der Waals surface area contributed by atoms with Gasteiger partial charge in [-0.3, -0.25) is 4.79 Å². The highest BCUT2D eigenvalue weighted by molar-refractivity contribution is 6.32. The number of carbonyl (C=O) groups is 1. The Morgan fingerprint density at radius 1 is 1.04 bits per heavy atom. The SMILES string of the molecule is CCCCCCCOc1cccc(NCC(=O)Nc2ccc(OC)c(Cl)c2)c1. The molecule has 0 aliphatic carbocycles. The summed E-state index contributed by atoms with van der Waals surface area (Å²) in [6.07, 6.45) is 6.04. The van der Waals surface area contributed by atoms with Crippen LogP contribution in [0.3, 0.4) is 0 Å². The summed E-state index contributed by atoms with van der Waals surface area (Å²) in [6, 6.07) is 12.8. The maximum absolute atomic E-state index is 12.2. The number of amides is 1. The molecule has 0 aromatic heterocycles. The minimum Gasteiger partial charge on any atom is -0.495 e. The van der Waals surface area contributed by atoms with Gasteiger partial charge in [-0.1, -0.05) is 50.3 Å². The summed E-state index contributed by atoms with van der Waals surface area (Å²) >= 11 is 6.07. The largest absolute Gasteiger partial charge is 0.495 e. The molecule has 2 rings (SSSR count). The molecule has 28 heavy (non-hydrogen) atoms. The molecular weight excluding hydrogens is 376 g/mol. The number of carbonyl (C=O) groups excluding carboxylic acids is 1. The average molecular weight is 405 g/mol. The predicted molar refractivity (Wildman–Crippen MR) is 116 cm³/mol. The van der Waals surface area contributed by atoms with Gasteiger partial charge in [0.05, 0.1) is 25.3 Å². The van der Waals surface area contributed by atoms with Gasteiger partial charge in [-0.05, 0) is 36.8 Å². The van der Waals surface area contributed by atoms with Crippen molar-refractivity contribution in [2.45, 2.75) is 39.0 Å². The molecule has 0 bridgehead atoms. The summed E-state index contributed by atoms with van der Waals surface area (Å²) in [5, 5.41) is 6.37. The van der Waals surface area contributed by atoms with Crippen molar-refractivity contribution < 1.29 is 14.3 Å². The van der Waals surface area contributed by atoms with Crippen LogP contribution in [0.25, 0.3) is 0 Å². The first-order valence-electron chi connectivity index (χ1n) is 9.72. The lowest BCUT2D eigenvalue weighted by molar-refractivity contribution is -0.114. The van der Waals surface area contributed by atoms with Crippen molar-refractivity contribution in [2.75, 3.05) is 30.9 Å². The molecule has 5 nitrogen and oxygen atoms in total. The maximum atomic E-state index is 12.2. The Hall–Kier alpha value is -2.40. The first-order valence-corrected chi connectivity index (χ1v) is 10.1. The smallest absolute Gasteiger partial charge is 0.243 e.